The Morgan fingerprint density at radius 3 is 2.95 bits per heavy atom. The van der Waals surface area contributed by atoms with E-state index < -0.39 is 5.54 Å². The number of nitrogen functional groups attached to an aromatic ring is 1. The van der Waals surface area contributed by atoms with Gasteiger partial charge in [0.1, 0.15) is 11.4 Å². The third-order valence-corrected chi connectivity index (χ3v) is 3.36. The predicted molar refractivity (Wildman–Crippen MR) is 71.1 cm³/mol. The molecule has 1 aromatic heterocycles. The van der Waals surface area contributed by atoms with Gasteiger partial charge in [0, 0.05) is 23.6 Å². The number of aliphatic imine (C=N–C) groups is 1. The number of hydrogen-bond donors (Lipinski definition) is 2. The van der Waals surface area contributed by atoms with Crippen LogP contribution in [0.25, 0.3) is 0 Å². The summed E-state index contributed by atoms with van der Waals surface area (Å²) in [6.45, 7) is 2.31. The van der Waals surface area contributed by atoms with Gasteiger partial charge in [0.2, 0.25) is 0 Å². The van der Waals surface area contributed by atoms with Crippen LogP contribution in [0.1, 0.15) is 18.3 Å². The summed E-state index contributed by atoms with van der Waals surface area (Å²) < 4.78 is 15.9. The minimum absolute atomic E-state index is 0.306. The normalized spacial score (nSPS) is 21.9. The molecule has 5 nitrogen and oxygen atoms in total. The summed E-state index contributed by atoms with van der Waals surface area (Å²) in [7, 11) is 0. The van der Waals surface area contributed by atoms with Gasteiger partial charge in [-0.05, 0) is 25.1 Å². The number of amidine groups is 1. The van der Waals surface area contributed by atoms with Crippen LogP contribution in [-0.2, 0) is 12.1 Å². The highest BCUT2D eigenvalue weighted by Gasteiger charge is 2.34. The molecule has 0 aliphatic carbocycles. The van der Waals surface area contributed by atoms with E-state index in [1.54, 1.807) is 18.5 Å². The predicted octanol–water partition coefficient (Wildman–Crippen LogP) is 1.24. The van der Waals surface area contributed by atoms with Crippen LogP contribution in [0, 0.1) is 5.82 Å². The molecule has 0 radical (unpaired) electrons. The molecular formula is C13H14FN5. The fourth-order valence-corrected chi connectivity index (χ4v) is 2.45. The van der Waals surface area contributed by atoms with Crippen molar-refractivity contribution in [3.05, 3.63) is 47.8 Å². The number of hydrogen-bond acceptors (Lipinski definition) is 4. The van der Waals surface area contributed by atoms with Gasteiger partial charge in [0.15, 0.2) is 11.7 Å². The van der Waals surface area contributed by atoms with Gasteiger partial charge in [-0.15, -0.1) is 0 Å². The fourth-order valence-electron chi connectivity index (χ4n) is 2.45. The van der Waals surface area contributed by atoms with Gasteiger partial charge in [0.05, 0.1) is 6.54 Å². The maximum atomic E-state index is 14.0. The van der Waals surface area contributed by atoms with E-state index in [2.05, 4.69) is 9.98 Å². The van der Waals surface area contributed by atoms with Crippen LogP contribution in [0.2, 0.25) is 0 Å². The molecule has 98 valence electrons. The number of nitrogens with zero attached hydrogens (tertiary/aromatic N) is 3. The molecule has 0 bridgehead atoms. The minimum Gasteiger partial charge on any atom is -0.399 e. The van der Waals surface area contributed by atoms with Gasteiger partial charge in [-0.25, -0.2) is 9.37 Å². The number of aromatic nitrogens is 2. The Bertz CT molecular complexity index is 675. The molecule has 1 aliphatic rings. The van der Waals surface area contributed by atoms with Crippen LogP contribution in [-0.4, -0.2) is 15.4 Å². The second kappa shape index (κ2) is 3.81. The molecule has 3 rings (SSSR count). The quantitative estimate of drug-likeness (QED) is 0.756. The summed E-state index contributed by atoms with van der Waals surface area (Å²) in [5.74, 6) is 0.583. The second-order valence-electron chi connectivity index (χ2n) is 4.89. The maximum absolute atomic E-state index is 14.0. The van der Waals surface area contributed by atoms with E-state index in [1.807, 2.05) is 11.5 Å². The van der Waals surface area contributed by atoms with Crippen LogP contribution < -0.4 is 11.5 Å². The molecule has 0 amide bonds. The molecule has 2 aromatic rings. The lowest BCUT2D eigenvalue weighted by atomic mass is 9.90. The van der Waals surface area contributed by atoms with Gasteiger partial charge < -0.3 is 16.0 Å². The summed E-state index contributed by atoms with van der Waals surface area (Å²) in [5.41, 5.74) is 11.8. The Balaban J connectivity index is 2.15. The standard InChI is InChI=1S/C13H14FN5/c1-13(9-6-8(15)2-3-10(9)14)7-19-5-4-17-12(19)11(16)18-13/h2-6H,7,15H2,1H3,(H2,16,18). The van der Waals surface area contributed by atoms with Crippen molar-refractivity contribution >= 4 is 11.5 Å². The molecule has 0 fully saturated rings. The van der Waals surface area contributed by atoms with E-state index >= 15 is 0 Å². The smallest absolute Gasteiger partial charge is 0.175 e. The van der Waals surface area contributed by atoms with Crippen LogP contribution in [0.5, 0.6) is 0 Å². The summed E-state index contributed by atoms with van der Waals surface area (Å²) in [6.07, 6.45) is 3.46. The Hall–Kier alpha value is -2.37. The van der Waals surface area contributed by atoms with Crippen molar-refractivity contribution in [1.29, 1.82) is 0 Å². The van der Waals surface area contributed by atoms with Gasteiger partial charge in [-0.3, -0.25) is 4.99 Å². The van der Waals surface area contributed by atoms with E-state index in [4.69, 9.17) is 11.5 Å². The van der Waals surface area contributed by atoms with Gasteiger partial charge >= 0.3 is 0 Å². The summed E-state index contributed by atoms with van der Waals surface area (Å²) in [4.78, 5) is 8.54. The van der Waals surface area contributed by atoms with Gasteiger partial charge in [0.25, 0.3) is 0 Å². The first-order chi connectivity index (χ1) is 8.99. The number of anilines is 1. The highest BCUT2D eigenvalue weighted by Crippen LogP contribution is 2.33. The maximum Gasteiger partial charge on any atom is 0.175 e. The van der Waals surface area contributed by atoms with E-state index in [9.17, 15) is 4.39 Å². The monoisotopic (exact) mass is 259 g/mol. The van der Waals surface area contributed by atoms with Gasteiger partial charge in [-0.1, -0.05) is 0 Å². The Morgan fingerprint density at radius 2 is 2.16 bits per heavy atom. The van der Waals surface area contributed by atoms with E-state index in [1.165, 1.54) is 12.1 Å². The SMILES string of the molecule is CC1(c2cc(N)ccc2F)Cn2ccnc2C(N)=N1. The molecule has 2 heterocycles. The zero-order valence-electron chi connectivity index (χ0n) is 10.5. The molecule has 0 spiro atoms. The van der Waals surface area contributed by atoms with Crippen LogP contribution >= 0.6 is 0 Å². The van der Waals surface area contributed by atoms with Crippen molar-refractivity contribution in [1.82, 2.24) is 9.55 Å². The van der Waals surface area contributed by atoms with Crippen LogP contribution in [0.4, 0.5) is 10.1 Å². The topological polar surface area (TPSA) is 82.2 Å². The van der Waals surface area contributed by atoms with E-state index in [0.717, 1.165) is 0 Å². The molecule has 19 heavy (non-hydrogen) atoms. The first kappa shape index (κ1) is 11.7. The first-order valence-electron chi connectivity index (χ1n) is 5.92. The summed E-state index contributed by atoms with van der Waals surface area (Å²) in [5, 5.41) is 0. The Kier molecular flexibility index (Phi) is 2.35. The van der Waals surface area contributed by atoms with Crippen LogP contribution in [0.3, 0.4) is 0 Å². The van der Waals surface area contributed by atoms with Crippen LogP contribution in [0.15, 0.2) is 35.6 Å². The van der Waals surface area contributed by atoms with Crippen molar-refractivity contribution in [2.75, 3.05) is 5.73 Å². The molecule has 1 aromatic carbocycles. The fraction of sp³-hybridized carbons (Fsp3) is 0.231. The minimum atomic E-state index is -0.781. The highest BCUT2D eigenvalue weighted by molar-refractivity contribution is 5.95. The summed E-state index contributed by atoms with van der Waals surface area (Å²) >= 11 is 0. The Morgan fingerprint density at radius 1 is 1.37 bits per heavy atom. The molecular weight excluding hydrogens is 245 g/mol. The highest BCUT2D eigenvalue weighted by atomic mass is 19.1. The average molecular weight is 259 g/mol. The lowest BCUT2D eigenvalue weighted by Crippen LogP contribution is -2.37. The summed E-state index contributed by atoms with van der Waals surface area (Å²) in [6, 6.07) is 4.49. The van der Waals surface area contributed by atoms with Gasteiger partial charge in [-0.2, -0.15) is 0 Å². The number of benzene rings is 1. The second-order valence-corrected chi connectivity index (χ2v) is 4.89. The average Bonchev–Trinajstić information content (AvgIpc) is 2.80. The molecule has 1 unspecified atom stereocenters. The molecule has 0 saturated carbocycles. The van der Waals surface area contributed by atoms with Crippen molar-refractivity contribution in [3.8, 4) is 0 Å². The molecule has 1 atom stereocenters. The number of nitrogens with two attached hydrogens (primary N) is 2. The lowest BCUT2D eigenvalue weighted by Gasteiger charge is -2.31. The Labute approximate surface area is 109 Å². The number of imidazole rings is 1. The van der Waals surface area contributed by atoms with E-state index in [0.29, 0.717) is 29.5 Å². The van der Waals surface area contributed by atoms with Crippen molar-refractivity contribution < 1.29 is 4.39 Å². The molecule has 0 saturated heterocycles. The number of fused-ring (bicyclic) bond motifs is 1. The zero-order chi connectivity index (χ0) is 13.6. The molecule has 4 N–H and O–H groups in total. The van der Waals surface area contributed by atoms with E-state index in [-0.39, 0.29) is 5.82 Å². The number of halogens is 1. The third kappa shape index (κ3) is 1.76. The zero-order valence-corrected chi connectivity index (χ0v) is 10.5. The van der Waals surface area contributed by atoms with Crippen molar-refractivity contribution in [2.24, 2.45) is 10.7 Å². The molecule has 1 aliphatic heterocycles. The van der Waals surface area contributed by atoms with Crippen molar-refractivity contribution in [2.45, 2.75) is 19.0 Å². The first-order valence-corrected chi connectivity index (χ1v) is 5.92. The lowest BCUT2D eigenvalue weighted by molar-refractivity contribution is 0.383. The van der Waals surface area contributed by atoms with Crippen molar-refractivity contribution in [3.63, 3.8) is 0 Å². The number of rotatable bonds is 1. The largest absolute Gasteiger partial charge is 0.399 e. The molecule has 6 heteroatoms. The third-order valence-electron chi connectivity index (χ3n) is 3.36.